The number of aliphatic hydroxyl groups excluding tert-OH is 3. The van der Waals surface area contributed by atoms with Gasteiger partial charge in [0.15, 0.2) is 6.10 Å². The number of aliphatic hydroxyl groups is 3. The Labute approximate surface area is 201 Å². The van der Waals surface area contributed by atoms with Crippen LogP contribution < -0.4 is 15.4 Å². The highest BCUT2D eigenvalue weighted by atomic mass is 16.5. The van der Waals surface area contributed by atoms with E-state index in [0.717, 1.165) is 0 Å². The number of aliphatic carboxylic acids is 1. The molecule has 0 aliphatic carbocycles. The van der Waals surface area contributed by atoms with Crippen molar-refractivity contribution in [2.75, 3.05) is 6.54 Å². The minimum Gasteiger partial charge on any atom is -0.479 e. The van der Waals surface area contributed by atoms with Crippen LogP contribution in [0, 0.1) is 0 Å². The van der Waals surface area contributed by atoms with Crippen LogP contribution in [0.4, 0.5) is 0 Å². The molecule has 3 rings (SSSR count). The monoisotopic (exact) mass is 488 g/mol. The number of rotatable bonds is 9. The third kappa shape index (κ3) is 6.99. The molecule has 11 nitrogen and oxygen atoms in total. The summed E-state index contributed by atoms with van der Waals surface area (Å²) in [5, 5.41) is 45.5. The molecule has 1 aliphatic rings. The van der Waals surface area contributed by atoms with Gasteiger partial charge in [-0.3, -0.25) is 9.59 Å². The van der Waals surface area contributed by atoms with Gasteiger partial charge < -0.3 is 40.5 Å². The quantitative estimate of drug-likeness (QED) is 0.285. The van der Waals surface area contributed by atoms with Crippen LogP contribution in [0.3, 0.4) is 0 Å². The van der Waals surface area contributed by atoms with Crippen LogP contribution in [-0.4, -0.2) is 81.3 Å². The molecule has 188 valence electrons. The molecular formula is C24H28N2O9. The van der Waals surface area contributed by atoms with Gasteiger partial charge in [-0.1, -0.05) is 24.3 Å². The van der Waals surface area contributed by atoms with E-state index in [1.54, 1.807) is 30.3 Å². The van der Waals surface area contributed by atoms with Crippen molar-refractivity contribution >= 4 is 17.8 Å². The fraction of sp³-hybridized carbons (Fsp3) is 0.375. The van der Waals surface area contributed by atoms with Crippen molar-refractivity contribution in [3.8, 4) is 11.5 Å². The van der Waals surface area contributed by atoms with Crippen molar-refractivity contribution in [2.45, 2.75) is 49.9 Å². The number of carbonyl (C=O) groups is 3. The van der Waals surface area contributed by atoms with E-state index in [2.05, 4.69) is 10.6 Å². The predicted octanol–water partition coefficient (Wildman–Crippen LogP) is 0.0382. The SMILES string of the molecule is CC(=O)NC1C(O)CC(C(=O)O)OC1[C@H](O)[C@H](O)CNC(=O)c1cccc(Oc2ccccc2)c1. The maximum atomic E-state index is 12.6. The summed E-state index contributed by atoms with van der Waals surface area (Å²) in [6.45, 7) is 0.774. The lowest BCUT2D eigenvalue weighted by molar-refractivity contribution is -0.193. The smallest absolute Gasteiger partial charge is 0.332 e. The van der Waals surface area contributed by atoms with Crippen molar-refractivity contribution < 1.29 is 44.3 Å². The molecule has 2 amide bonds. The van der Waals surface area contributed by atoms with Gasteiger partial charge in [0.2, 0.25) is 5.91 Å². The van der Waals surface area contributed by atoms with Gasteiger partial charge >= 0.3 is 5.97 Å². The van der Waals surface area contributed by atoms with Crippen molar-refractivity contribution in [3.63, 3.8) is 0 Å². The fourth-order valence-electron chi connectivity index (χ4n) is 3.74. The Morgan fingerprint density at radius 1 is 1.09 bits per heavy atom. The molecule has 2 aromatic carbocycles. The van der Waals surface area contributed by atoms with Crippen LogP contribution in [0.1, 0.15) is 23.7 Å². The number of benzene rings is 2. The minimum atomic E-state index is -1.73. The van der Waals surface area contributed by atoms with E-state index in [-0.39, 0.29) is 12.0 Å². The number of ether oxygens (including phenoxy) is 2. The number of para-hydroxylation sites is 1. The first-order valence-corrected chi connectivity index (χ1v) is 11.0. The third-order valence-electron chi connectivity index (χ3n) is 5.47. The molecule has 6 N–H and O–H groups in total. The van der Waals surface area contributed by atoms with Crippen LogP contribution in [0.15, 0.2) is 54.6 Å². The molecule has 1 saturated heterocycles. The molecule has 0 saturated carbocycles. The topological polar surface area (TPSA) is 175 Å². The summed E-state index contributed by atoms with van der Waals surface area (Å²) in [4.78, 5) is 35.5. The summed E-state index contributed by atoms with van der Waals surface area (Å²) in [6, 6.07) is 14.2. The second-order valence-electron chi connectivity index (χ2n) is 8.17. The molecule has 0 bridgehead atoms. The number of carbonyl (C=O) groups excluding carboxylic acids is 2. The van der Waals surface area contributed by atoms with Gasteiger partial charge in [0.05, 0.1) is 18.2 Å². The van der Waals surface area contributed by atoms with Gasteiger partial charge in [-0.2, -0.15) is 0 Å². The highest BCUT2D eigenvalue weighted by Gasteiger charge is 2.46. The van der Waals surface area contributed by atoms with Crippen molar-refractivity contribution in [3.05, 3.63) is 60.2 Å². The summed E-state index contributed by atoms with van der Waals surface area (Å²) in [5.41, 5.74) is 0.242. The van der Waals surface area contributed by atoms with Crippen LogP contribution in [0.25, 0.3) is 0 Å². The van der Waals surface area contributed by atoms with Crippen LogP contribution >= 0.6 is 0 Å². The van der Waals surface area contributed by atoms with Gasteiger partial charge in [-0.05, 0) is 30.3 Å². The van der Waals surface area contributed by atoms with Crippen LogP contribution in [-0.2, 0) is 14.3 Å². The van der Waals surface area contributed by atoms with E-state index >= 15 is 0 Å². The van der Waals surface area contributed by atoms with Gasteiger partial charge in [0, 0.05) is 25.5 Å². The molecule has 11 heteroatoms. The van der Waals surface area contributed by atoms with Crippen molar-refractivity contribution in [1.29, 1.82) is 0 Å². The second-order valence-corrected chi connectivity index (χ2v) is 8.17. The van der Waals surface area contributed by atoms with E-state index in [9.17, 15) is 34.8 Å². The largest absolute Gasteiger partial charge is 0.479 e. The summed E-state index contributed by atoms with van der Waals surface area (Å²) >= 11 is 0. The van der Waals surface area contributed by atoms with E-state index in [1.165, 1.54) is 13.0 Å². The molecule has 6 atom stereocenters. The van der Waals surface area contributed by atoms with Crippen LogP contribution in [0.5, 0.6) is 11.5 Å². The molecule has 1 aliphatic heterocycles. The number of nitrogens with one attached hydrogen (secondary N) is 2. The van der Waals surface area contributed by atoms with Crippen LogP contribution in [0.2, 0.25) is 0 Å². The maximum Gasteiger partial charge on any atom is 0.332 e. The lowest BCUT2D eigenvalue weighted by Crippen LogP contribution is -2.63. The standard InChI is InChI=1S/C24H28N2O9/c1-13(27)26-20-17(28)11-19(24(32)33)35-22(20)21(30)18(29)12-25-23(31)14-6-5-9-16(10-14)34-15-7-3-2-4-8-15/h2-10,17-22,28-30H,11-12H2,1H3,(H,25,31)(H,26,27)(H,32,33)/t17?,18-,19?,20?,21-,22?/m1/s1. The Balaban J connectivity index is 1.63. The Hall–Kier alpha value is -3.51. The number of hydrogen-bond donors (Lipinski definition) is 6. The summed E-state index contributed by atoms with van der Waals surface area (Å²) in [6.07, 6.45) is -7.83. The Kier molecular flexibility index (Phi) is 8.77. The lowest BCUT2D eigenvalue weighted by Gasteiger charge is -2.41. The fourth-order valence-corrected chi connectivity index (χ4v) is 3.74. The van der Waals surface area contributed by atoms with E-state index in [4.69, 9.17) is 9.47 Å². The first-order chi connectivity index (χ1) is 16.7. The third-order valence-corrected chi connectivity index (χ3v) is 5.47. The first kappa shape index (κ1) is 26.1. The number of hydrogen-bond acceptors (Lipinski definition) is 8. The van der Waals surface area contributed by atoms with E-state index in [0.29, 0.717) is 11.5 Å². The average molecular weight is 488 g/mol. The first-order valence-electron chi connectivity index (χ1n) is 11.0. The Morgan fingerprint density at radius 2 is 1.77 bits per heavy atom. The Morgan fingerprint density at radius 3 is 2.43 bits per heavy atom. The minimum absolute atomic E-state index is 0.242. The van der Waals surface area contributed by atoms with Gasteiger partial charge in [-0.25, -0.2) is 4.79 Å². The zero-order valence-corrected chi connectivity index (χ0v) is 18.9. The molecule has 1 heterocycles. The molecule has 4 unspecified atom stereocenters. The normalized spacial score (nSPS) is 23.5. The summed E-state index contributed by atoms with van der Waals surface area (Å²) in [5.74, 6) is -1.44. The molecule has 2 aromatic rings. The molecule has 1 fully saturated rings. The Bertz CT molecular complexity index is 1030. The molecule has 0 spiro atoms. The van der Waals surface area contributed by atoms with Gasteiger partial charge in [0.25, 0.3) is 5.91 Å². The van der Waals surface area contributed by atoms with Crippen molar-refractivity contribution in [2.24, 2.45) is 0 Å². The number of amides is 2. The zero-order chi connectivity index (χ0) is 25.5. The molecular weight excluding hydrogens is 460 g/mol. The number of carboxylic acids is 1. The summed E-state index contributed by atoms with van der Waals surface area (Å²) < 4.78 is 11.1. The van der Waals surface area contributed by atoms with Gasteiger partial charge in [0.1, 0.15) is 23.7 Å². The summed E-state index contributed by atoms with van der Waals surface area (Å²) in [7, 11) is 0. The maximum absolute atomic E-state index is 12.6. The molecule has 0 aromatic heterocycles. The highest BCUT2D eigenvalue weighted by Crippen LogP contribution is 2.25. The lowest BCUT2D eigenvalue weighted by atomic mass is 9.90. The van der Waals surface area contributed by atoms with E-state index < -0.39 is 60.9 Å². The van der Waals surface area contributed by atoms with Crippen molar-refractivity contribution in [1.82, 2.24) is 10.6 Å². The zero-order valence-electron chi connectivity index (χ0n) is 18.9. The number of carboxylic acid groups (broad SMARTS) is 1. The second kappa shape index (κ2) is 11.8. The molecule has 0 radical (unpaired) electrons. The molecule has 35 heavy (non-hydrogen) atoms. The predicted molar refractivity (Wildman–Crippen MR) is 122 cm³/mol. The van der Waals surface area contributed by atoms with E-state index in [1.807, 2.05) is 18.2 Å². The van der Waals surface area contributed by atoms with Gasteiger partial charge in [-0.15, -0.1) is 0 Å². The highest BCUT2D eigenvalue weighted by molar-refractivity contribution is 5.94. The average Bonchev–Trinajstić information content (AvgIpc) is 2.83.